The highest BCUT2D eigenvalue weighted by Crippen LogP contribution is 2.33. The van der Waals surface area contributed by atoms with Crippen molar-refractivity contribution < 1.29 is 19.1 Å². The SMILES string of the molecule is COc1cnc(NC(=O)[C@H]2CC[C@H](CN3C(=O)c4ccc(Cl)cc4NC(=O)[C@H]3Cc3ccccn3)CC2)nc1. The van der Waals surface area contributed by atoms with Crippen molar-refractivity contribution in [2.45, 2.75) is 38.1 Å². The molecule has 0 unspecified atom stereocenters. The second kappa shape index (κ2) is 11.8. The summed E-state index contributed by atoms with van der Waals surface area (Å²) in [6, 6.07) is 9.70. The maximum atomic E-state index is 13.8. The highest BCUT2D eigenvalue weighted by atomic mass is 35.5. The number of nitrogens with one attached hydrogen (secondary N) is 2. The zero-order valence-electron chi connectivity index (χ0n) is 21.5. The number of ether oxygens (including phenoxy) is 1. The number of aromatic nitrogens is 3. The molecule has 39 heavy (non-hydrogen) atoms. The third-order valence-electron chi connectivity index (χ3n) is 7.31. The van der Waals surface area contributed by atoms with Crippen molar-refractivity contribution in [1.82, 2.24) is 19.9 Å². The van der Waals surface area contributed by atoms with Gasteiger partial charge in [-0.05, 0) is 61.9 Å². The topological polar surface area (TPSA) is 126 Å². The maximum Gasteiger partial charge on any atom is 0.256 e. The molecule has 1 fully saturated rings. The van der Waals surface area contributed by atoms with Crippen LogP contribution >= 0.6 is 11.6 Å². The minimum Gasteiger partial charge on any atom is -0.494 e. The molecule has 0 bridgehead atoms. The fourth-order valence-electron chi connectivity index (χ4n) is 5.17. The van der Waals surface area contributed by atoms with Crippen LogP contribution in [-0.2, 0) is 16.0 Å². The van der Waals surface area contributed by atoms with Gasteiger partial charge in [-0.1, -0.05) is 17.7 Å². The van der Waals surface area contributed by atoms with Gasteiger partial charge in [0.1, 0.15) is 6.04 Å². The fraction of sp³-hybridized carbons (Fsp3) is 0.357. The normalized spacial score (nSPS) is 21.0. The quantitative estimate of drug-likeness (QED) is 0.457. The van der Waals surface area contributed by atoms with E-state index in [1.165, 1.54) is 19.5 Å². The lowest BCUT2D eigenvalue weighted by Crippen LogP contribution is -2.49. The first-order valence-electron chi connectivity index (χ1n) is 12.9. The van der Waals surface area contributed by atoms with Gasteiger partial charge >= 0.3 is 0 Å². The molecule has 5 rings (SSSR count). The van der Waals surface area contributed by atoms with Crippen LogP contribution < -0.4 is 15.4 Å². The average molecular weight is 549 g/mol. The van der Waals surface area contributed by atoms with Gasteiger partial charge in [0, 0.05) is 35.8 Å². The van der Waals surface area contributed by atoms with E-state index in [2.05, 4.69) is 25.6 Å². The molecule has 1 aliphatic carbocycles. The molecule has 1 atom stereocenters. The molecule has 0 saturated heterocycles. The first kappa shape index (κ1) is 26.6. The number of pyridine rings is 1. The van der Waals surface area contributed by atoms with E-state index in [0.717, 1.165) is 18.5 Å². The molecule has 0 radical (unpaired) electrons. The number of fused-ring (bicyclic) bond motifs is 1. The number of nitrogens with zero attached hydrogens (tertiary/aromatic N) is 4. The van der Waals surface area contributed by atoms with Crippen LogP contribution in [0.5, 0.6) is 5.75 Å². The van der Waals surface area contributed by atoms with Crippen LogP contribution in [0.4, 0.5) is 11.6 Å². The monoisotopic (exact) mass is 548 g/mol. The van der Waals surface area contributed by atoms with Crippen molar-refractivity contribution >= 4 is 41.0 Å². The van der Waals surface area contributed by atoms with Crippen molar-refractivity contribution in [3.05, 3.63) is 71.3 Å². The standard InChI is InChI=1S/C28H29ClN6O4/c1-39-21-14-31-28(32-15-21)34-25(36)18-7-5-17(6-8-18)16-35-24(13-20-4-2-3-11-30-20)26(37)33-23-12-19(29)9-10-22(23)27(35)38/h2-4,9-12,14-15,17-18,24H,5-8,13,16H2,1H3,(H,33,37)(H,31,32,34,36)/t17-,18-,24-/m1/s1. The summed E-state index contributed by atoms with van der Waals surface area (Å²) in [7, 11) is 1.52. The van der Waals surface area contributed by atoms with Crippen molar-refractivity contribution in [1.29, 1.82) is 0 Å². The molecule has 0 spiro atoms. The Balaban J connectivity index is 1.28. The number of hydrogen-bond acceptors (Lipinski definition) is 7. The molecule has 1 saturated carbocycles. The van der Waals surface area contributed by atoms with Gasteiger partial charge in [-0.15, -0.1) is 0 Å². The highest BCUT2D eigenvalue weighted by molar-refractivity contribution is 6.31. The number of benzene rings is 1. The summed E-state index contributed by atoms with van der Waals surface area (Å²) in [5.41, 5.74) is 1.54. The van der Waals surface area contributed by atoms with E-state index in [1.54, 1.807) is 29.3 Å². The molecule has 2 aliphatic rings. The van der Waals surface area contributed by atoms with E-state index in [1.807, 2.05) is 18.2 Å². The lowest BCUT2D eigenvalue weighted by molar-refractivity contribution is -0.121. The number of carbonyl (C=O) groups excluding carboxylic acids is 3. The Morgan fingerprint density at radius 3 is 2.56 bits per heavy atom. The average Bonchev–Trinajstić information content (AvgIpc) is 3.04. The Hall–Kier alpha value is -4.05. The minimum absolute atomic E-state index is 0.123. The Morgan fingerprint density at radius 1 is 1.10 bits per heavy atom. The van der Waals surface area contributed by atoms with Crippen molar-refractivity contribution in [3.63, 3.8) is 0 Å². The van der Waals surface area contributed by atoms with Crippen LogP contribution in [0.25, 0.3) is 0 Å². The molecule has 10 nitrogen and oxygen atoms in total. The van der Waals surface area contributed by atoms with E-state index < -0.39 is 6.04 Å². The van der Waals surface area contributed by atoms with Crippen molar-refractivity contribution in [2.24, 2.45) is 11.8 Å². The molecule has 3 amide bonds. The van der Waals surface area contributed by atoms with Gasteiger partial charge in [0.2, 0.25) is 17.8 Å². The van der Waals surface area contributed by atoms with Gasteiger partial charge in [-0.25, -0.2) is 9.97 Å². The number of carbonyl (C=O) groups is 3. The van der Waals surface area contributed by atoms with E-state index in [4.69, 9.17) is 16.3 Å². The second-order valence-electron chi connectivity index (χ2n) is 9.83. The second-order valence-corrected chi connectivity index (χ2v) is 10.3. The molecule has 3 aromatic rings. The Bertz CT molecular complexity index is 1350. The van der Waals surface area contributed by atoms with Crippen LogP contribution in [0, 0.1) is 11.8 Å². The van der Waals surface area contributed by atoms with E-state index >= 15 is 0 Å². The summed E-state index contributed by atoms with van der Waals surface area (Å²) >= 11 is 6.16. The number of amides is 3. The van der Waals surface area contributed by atoms with Crippen LogP contribution in [0.2, 0.25) is 5.02 Å². The third kappa shape index (κ3) is 6.17. The van der Waals surface area contributed by atoms with Gasteiger partial charge < -0.3 is 15.0 Å². The maximum absolute atomic E-state index is 13.8. The first-order chi connectivity index (χ1) is 18.9. The number of hydrogen-bond donors (Lipinski definition) is 2. The predicted octanol–water partition coefficient (Wildman–Crippen LogP) is 3.98. The van der Waals surface area contributed by atoms with Gasteiger partial charge in [0.05, 0.1) is 30.8 Å². The van der Waals surface area contributed by atoms with Crippen LogP contribution in [-0.4, -0.2) is 57.3 Å². The Morgan fingerprint density at radius 2 is 1.87 bits per heavy atom. The minimum atomic E-state index is -0.730. The Labute approximate surface area is 231 Å². The van der Waals surface area contributed by atoms with Crippen molar-refractivity contribution in [2.75, 3.05) is 24.3 Å². The largest absolute Gasteiger partial charge is 0.494 e. The first-order valence-corrected chi connectivity index (χ1v) is 13.3. The molecular formula is C28H29ClN6O4. The van der Waals surface area contributed by atoms with Gasteiger partial charge in [-0.3, -0.25) is 24.7 Å². The molecule has 2 aromatic heterocycles. The number of rotatable bonds is 7. The summed E-state index contributed by atoms with van der Waals surface area (Å²) in [6.07, 6.45) is 7.79. The lowest BCUT2D eigenvalue weighted by atomic mass is 9.81. The fourth-order valence-corrected chi connectivity index (χ4v) is 5.35. The van der Waals surface area contributed by atoms with Gasteiger partial charge in [-0.2, -0.15) is 0 Å². The Kier molecular flexibility index (Phi) is 8.02. The third-order valence-corrected chi connectivity index (χ3v) is 7.54. The van der Waals surface area contributed by atoms with Crippen LogP contribution in [0.15, 0.2) is 55.0 Å². The summed E-state index contributed by atoms with van der Waals surface area (Å²) in [5, 5.41) is 6.11. The smallest absolute Gasteiger partial charge is 0.256 e. The van der Waals surface area contributed by atoms with Gasteiger partial charge in [0.15, 0.2) is 5.75 Å². The molecule has 1 aliphatic heterocycles. The van der Waals surface area contributed by atoms with Crippen LogP contribution in [0.3, 0.4) is 0 Å². The molecule has 202 valence electrons. The molecule has 1 aromatic carbocycles. The molecule has 2 N–H and O–H groups in total. The molecule has 11 heteroatoms. The molecular weight excluding hydrogens is 520 g/mol. The lowest BCUT2D eigenvalue weighted by Gasteiger charge is -2.35. The summed E-state index contributed by atoms with van der Waals surface area (Å²) in [6.45, 7) is 0.405. The zero-order chi connectivity index (χ0) is 27.4. The predicted molar refractivity (Wildman–Crippen MR) is 146 cm³/mol. The van der Waals surface area contributed by atoms with E-state index in [-0.39, 0.29) is 35.5 Å². The summed E-state index contributed by atoms with van der Waals surface area (Å²) in [5.74, 6) is 0.0886. The number of anilines is 2. The van der Waals surface area contributed by atoms with Crippen LogP contribution in [0.1, 0.15) is 41.7 Å². The van der Waals surface area contributed by atoms with Gasteiger partial charge in [0.25, 0.3) is 5.91 Å². The number of halogens is 1. The van der Waals surface area contributed by atoms with E-state index in [0.29, 0.717) is 47.8 Å². The highest BCUT2D eigenvalue weighted by Gasteiger charge is 2.38. The molecule has 3 heterocycles. The number of methoxy groups -OCH3 is 1. The van der Waals surface area contributed by atoms with E-state index in [9.17, 15) is 14.4 Å². The summed E-state index contributed by atoms with van der Waals surface area (Å²) in [4.78, 5) is 54.2. The van der Waals surface area contributed by atoms with Crippen molar-refractivity contribution in [3.8, 4) is 5.75 Å². The zero-order valence-corrected chi connectivity index (χ0v) is 22.2. The summed E-state index contributed by atoms with van der Waals surface area (Å²) < 4.78 is 5.05.